The van der Waals surface area contributed by atoms with Crippen molar-refractivity contribution >= 4 is 17.9 Å². The van der Waals surface area contributed by atoms with Crippen LogP contribution in [0.2, 0.25) is 0 Å². The Morgan fingerprint density at radius 1 is 1.10 bits per heavy atom. The summed E-state index contributed by atoms with van der Waals surface area (Å²) < 4.78 is 15.9. The van der Waals surface area contributed by atoms with E-state index in [0.29, 0.717) is 5.75 Å². The lowest BCUT2D eigenvalue weighted by Gasteiger charge is -2.26. The van der Waals surface area contributed by atoms with Gasteiger partial charge in [-0.15, -0.1) is 0 Å². The molecule has 0 radical (unpaired) electrons. The van der Waals surface area contributed by atoms with Crippen molar-refractivity contribution in [2.24, 2.45) is 11.8 Å². The van der Waals surface area contributed by atoms with E-state index in [1.54, 1.807) is 36.4 Å². The second kappa shape index (κ2) is 13.1. The Labute approximate surface area is 171 Å². The fourth-order valence-corrected chi connectivity index (χ4v) is 2.66. The summed E-state index contributed by atoms with van der Waals surface area (Å²) in [5.74, 6) is -3.41. The van der Waals surface area contributed by atoms with Crippen LogP contribution in [0.1, 0.15) is 26.7 Å². The van der Waals surface area contributed by atoms with Gasteiger partial charge in [-0.25, -0.2) is 4.79 Å². The van der Waals surface area contributed by atoms with E-state index < -0.39 is 35.8 Å². The summed E-state index contributed by atoms with van der Waals surface area (Å²) in [6, 6.07) is 8.89. The van der Waals surface area contributed by atoms with Gasteiger partial charge < -0.3 is 19.3 Å². The normalized spacial score (nSPS) is 18.4. The summed E-state index contributed by atoms with van der Waals surface area (Å²) in [7, 11) is 0. The Bertz CT molecular complexity index is 696. The van der Waals surface area contributed by atoms with Gasteiger partial charge in [-0.05, 0) is 25.0 Å². The van der Waals surface area contributed by atoms with E-state index in [2.05, 4.69) is 6.58 Å². The van der Waals surface area contributed by atoms with E-state index in [-0.39, 0.29) is 26.1 Å². The molecular weight excluding hydrogens is 376 g/mol. The number of aliphatic carboxylic acids is 1. The third-order valence-electron chi connectivity index (χ3n) is 4.09. The van der Waals surface area contributed by atoms with Gasteiger partial charge in [0.1, 0.15) is 19.0 Å². The van der Waals surface area contributed by atoms with Crippen molar-refractivity contribution in [2.45, 2.75) is 32.8 Å². The molecule has 0 bridgehead atoms. The molecule has 0 aromatic heterocycles. The van der Waals surface area contributed by atoms with Gasteiger partial charge in [-0.2, -0.15) is 0 Å². The maximum absolute atomic E-state index is 12.5. The number of hydrogen-bond donors (Lipinski definition) is 1. The molecule has 0 aliphatic heterocycles. The number of allylic oxidation sites excluding steroid dienone is 2. The zero-order valence-electron chi connectivity index (χ0n) is 16.8. The summed E-state index contributed by atoms with van der Waals surface area (Å²) >= 11 is 0. The molecule has 0 spiro atoms. The fraction of sp³-hybridized carbons (Fsp3) is 0.409. The Morgan fingerprint density at radius 2 is 1.72 bits per heavy atom. The number of esters is 2. The van der Waals surface area contributed by atoms with Crippen LogP contribution in [0.4, 0.5) is 0 Å². The largest absolute Gasteiger partial charge is 0.490 e. The monoisotopic (exact) mass is 404 g/mol. The molecule has 158 valence electrons. The first-order valence-corrected chi connectivity index (χ1v) is 9.56. The predicted molar refractivity (Wildman–Crippen MR) is 107 cm³/mol. The maximum Gasteiger partial charge on any atom is 0.330 e. The predicted octanol–water partition coefficient (Wildman–Crippen LogP) is 3.40. The highest BCUT2D eigenvalue weighted by atomic mass is 16.6. The second-order valence-electron chi connectivity index (χ2n) is 6.01. The number of carboxylic acids is 1. The lowest BCUT2D eigenvalue weighted by atomic mass is 9.83. The molecule has 1 aliphatic carbocycles. The van der Waals surface area contributed by atoms with E-state index in [0.717, 1.165) is 6.08 Å². The van der Waals surface area contributed by atoms with Gasteiger partial charge in [0, 0.05) is 6.08 Å². The maximum atomic E-state index is 12.5. The molecule has 1 aliphatic rings. The number of carbonyl (C=O) groups is 3. The van der Waals surface area contributed by atoms with Gasteiger partial charge in [-0.1, -0.05) is 50.8 Å². The summed E-state index contributed by atoms with van der Waals surface area (Å²) in [5.41, 5.74) is 0. The molecule has 29 heavy (non-hydrogen) atoms. The van der Waals surface area contributed by atoms with Gasteiger partial charge in [0.2, 0.25) is 0 Å². The highest BCUT2D eigenvalue weighted by Gasteiger charge is 2.36. The highest BCUT2D eigenvalue weighted by molar-refractivity contribution is 5.82. The Hall–Kier alpha value is -3.09. The Kier molecular flexibility index (Phi) is 10.9. The zero-order valence-corrected chi connectivity index (χ0v) is 16.8. The van der Waals surface area contributed by atoms with E-state index in [1.165, 1.54) is 0 Å². The Morgan fingerprint density at radius 3 is 2.31 bits per heavy atom. The smallest absolute Gasteiger partial charge is 0.330 e. The van der Waals surface area contributed by atoms with Crippen LogP contribution in [-0.2, 0) is 23.9 Å². The Balaban J connectivity index is 0.00000204. The molecule has 0 fully saturated rings. The molecule has 7 heteroatoms. The molecule has 0 saturated heterocycles. The first-order chi connectivity index (χ1) is 14.0. The number of ether oxygens (including phenoxy) is 3. The van der Waals surface area contributed by atoms with E-state index in [4.69, 9.17) is 14.2 Å². The fourth-order valence-electron chi connectivity index (χ4n) is 2.66. The van der Waals surface area contributed by atoms with Crippen molar-refractivity contribution in [2.75, 3.05) is 13.2 Å². The average Bonchev–Trinajstić information content (AvgIpc) is 2.77. The number of rotatable bonds is 9. The van der Waals surface area contributed by atoms with Crippen LogP contribution >= 0.6 is 0 Å². The van der Waals surface area contributed by atoms with E-state index >= 15 is 0 Å². The minimum atomic E-state index is -1.04. The number of benzene rings is 1. The van der Waals surface area contributed by atoms with Crippen molar-refractivity contribution in [3.05, 3.63) is 55.1 Å². The standard InChI is InChI=1S/C20H22O7.C2H6/c1-2-18(21)26-13-15(12-25-14-8-4-3-5-9-14)27-20(24)17-11-7-6-10-16(17)19(22)23;1-2/h2-9,15-17H,1,10-13H2,(H,22,23);1-2H3. The van der Waals surface area contributed by atoms with Crippen molar-refractivity contribution in [1.29, 1.82) is 0 Å². The van der Waals surface area contributed by atoms with Crippen LogP contribution in [0, 0.1) is 11.8 Å². The summed E-state index contributed by atoms with van der Waals surface area (Å²) in [6.45, 7) is 7.05. The van der Waals surface area contributed by atoms with Crippen LogP contribution < -0.4 is 4.74 Å². The van der Waals surface area contributed by atoms with E-state index in [1.807, 2.05) is 19.9 Å². The first-order valence-electron chi connectivity index (χ1n) is 9.56. The highest BCUT2D eigenvalue weighted by Crippen LogP contribution is 2.27. The van der Waals surface area contributed by atoms with Gasteiger partial charge >= 0.3 is 17.9 Å². The van der Waals surface area contributed by atoms with Crippen molar-refractivity contribution in [1.82, 2.24) is 0 Å². The van der Waals surface area contributed by atoms with Crippen molar-refractivity contribution in [3.8, 4) is 5.75 Å². The summed E-state index contributed by atoms with van der Waals surface area (Å²) in [4.78, 5) is 35.2. The van der Waals surface area contributed by atoms with Crippen LogP contribution in [0.25, 0.3) is 0 Å². The van der Waals surface area contributed by atoms with Gasteiger partial charge in [0.05, 0.1) is 11.8 Å². The molecule has 3 unspecified atom stereocenters. The topological polar surface area (TPSA) is 99.1 Å². The number of carboxylic acid groups (broad SMARTS) is 1. The van der Waals surface area contributed by atoms with Gasteiger partial charge in [0.25, 0.3) is 0 Å². The van der Waals surface area contributed by atoms with Crippen molar-refractivity contribution in [3.63, 3.8) is 0 Å². The lowest BCUT2D eigenvalue weighted by molar-refractivity contribution is -0.167. The van der Waals surface area contributed by atoms with Crippen LogP contribution in [0.3, 0.4) is 0 Å². The minimum absolute atomic E-state index is 0.0412. The third kappa shape index (κ3) is 8.21. The molecule has 1 aromatic carbocycles. The van der Waals surface area contributed by atoms with Crippen LogP contribution in [0.5, 0.6) is 5.75 Å². The molecule has 7 nitrogen and oxygen atoms in total. The number of carbonyl (C=O) groups excluding carboxylic acids is 2. The average molecular weight is 404 g/mol. The molecule has 2 rings (SSSR count). The molecule has 3 atom stereocenters. The zero-order chi connectivity index (χ0) is 21.6. The summed E-state index contributed by atoms with van der Waals surface area (Å²) in [5, 5.41) is 9.30. The molecule has 0 saturated carbocycles. The quantitative estimate of drug-likeness (QED) is 0.382. The molecular formula is C22H28O7. The minimum Gasteiger partial charge on any atom is -0.490 e. The summed E-state index contributed by atoms with van der Waals surface area (Å²) in [6.07, 6.45) is 4.19. The molecule has 0 heterocycles. The second-order valence-corrected chi connectivity index (χ2v) is 6.01. The lowest BCUT2D eigenvalue weighted by Crippen LogP contribution is -2.37. The molecule has 1 N–H and O–H groups in total. The van der Waals surface area contributed by atoms with E-state index in [9.17, 15) is 19.5 Å². The number of hydrogen-bond acceptors (Lipinski definition) is 6. The SMILES string of the molecule is C=CC(=O)OCC(COc1ccccc1)OC(=O)C1CC=CCC1C(=O)O.CC. The van der Waals surface area contributed by atoms with Gasteiger partial charge in [-0.3, -0.25) is 9.59 Å². The first kappa shape index (κ1) is 23.9. The number of para-hydroxylation sites is 1. The van der Waals surface area contributed by atoms with Crippen LogP contribution in [-0.4, -0.2) is 42.3 Å². The van der Waals surface area contributed by atoms with Gasteiger partial charge in [0.15, 0.2) is 6.10 Å². The van der Waals surface area contributed by atoms with Crippen molar-refractivity contribution < 1.29 is 33.7 Å². The molecule has 0 amide bonds. The third-order valence-corrected chi connectivity index (χ3v) is 4.09. The van der Waals surface area contributed by atoms with Crippen LogP contribution in [0.15, 0.2) is 55.1 Å². The molecule has 1 aromatic rings.